The average Bonchev–Trinajstić information content (AvgIpc) is 2.66. The van der Waals surface area contributed by atoms with E-state index >= 15 is 0 Å². The van der Waals surface area contributed by atoms with Crippen LogP contribution in [-0.2, 0) is 12.8 Å². The fourth-order valence-electron chi connectivity index (χ4n) is 2.70. The van der Waals surface area contributed by atoms with E-state index in [2.05, 4.69) is 87.8 Å². The van der Waals surface area contributed by atoms with Crippen LogP contribution in [0.2, 0.25) is 0 Å². The molecule has 0 aliphatic rings. The van der Waals surface area contributed by atoms with Crippen LogP contribution in [0.3, 0.4) is 0 Å². The molecule has 1 unspecified atom stereocenters. The van der Waals surface area contributed by atoms with Gasteiger partial charge in [-0.1, -0.05) is 82.7 Å². The van der Waals surface area contributed by atoms with E-state index in [4.69, 9.17) is 0 Å². The maximum Gasteiger partial charge on any atom is 0.0630 e. The lowest BCUT2D eigenvalue weighted by Crippen LogP contribution is -1.97. The van der Waals surface area contributed by atoms with E-state index in [0.29, 0.717) is 5.92 Å². The lowest BCUT2D eigenvalue weighted by atomic mass is 9.97. The van der Waals surface area contributed by atoms with Crippen LogP contribution >= 0.6 is 0 Å². The molecular formula is C25H33N. The molecule has 1 atom stereocenters. The summed E-state index contributed by atoms with van der Waals surface area (Å²) in [7, 11) is 0. The molecule has 0 spiro atoms. The molecule has 0 aliphatic carbocycles. The fourth-order valence-corrected chi connectivity index (χ4v) is 2.70. The number of hydrogen-bond donors (Lipinski definition) is 0. The summed E-state index contributed by atoms with van der Waals surface area (Å²) in [6.45, 7) is 13.1. The Hall–Kier alpha value is -2.15. The molecule has 2 aromatic carbocycles. The first kappa shape index (κ1) is 20.2. The Morgan fingerprint density at radius 3 is 2.15 bits per heavy atom. The Morgan fingerprint density at radius 2 is 1.58 bits per heavy atom. The minimum Gasteiger partial charge on any atom is -0.256 e. The van der Waals surface area contributed by atoms with Gasteiger partial charge in [0, 0.05) is 6.21 Å². The average molecular weight is 348 g/mol. The monoisotopic (exact) mass is 347 g/mol. The molecule has 2 aromatic rings. The Morgan fingerprint density at radius 1 is 0.962 bits per heavy atom. The predicted octanol–water partition coefficient (Wildman–Crippen LogP) is 7.17. The lowest BCUT2D eigenvalue weighted by molar-refractivity contribution is 0.516. The van der Waals surface area contributed by atoms with Crippen molar-refractivity contribution in [3.05, 3.63) is 77.4 Å². The van der Waals surface area contributed by atoms with E-state index < -0.39 is 0 Å². The molecule has 0 saturated heterocycles. The summed E-state index contributed by atoms with van der Waals surface area (Å²) in [5, 5.41) is 0. The zero-order valence-corrected chi connectivity index (χ0v) is 16.8. The van der Waals surface area contributed by atoms with Crippen molar-refractivity contribution in [2.75, 3.05) is 0 Å². The van der Waals surface area contributed by atoms with Gasteiger partial charge in [-0.25, -0.2) is 0 Å². The van der Waals surface area contributed by atoms with Crippen molar-refractivity contribution in [3.8, 4) is 0 Å². The first-order valence-corrected chi connectivity index (χ1v) is 9.87. The summed E-state index contributed by atoms with van der Waals surface area (Å²) in [6.07, 6.45) is 6.56. The van der Waals surface area contributed by atoms with Crippen LogP contribution < -0.4 is 0 Å². The minimum absolute atomic E-state index is 0.532. The summed E-state index contributed by atoms with van der Waals surface area (Å²) in [6, 6.07) is 17.2. The SMILES string of the molecule is C=C(Cc1ccc(/C=N/c2ccc(CCC(C)CC)cc2)cc1)C(C)C. The quantitative estimate of drug-likeness (QED) is 0.337. The fraction of sp³-hybridized carbons (Fsp3) is 0.400. The summed E-state index contributed by atoms with van der Waals surface area (Å²) in [4.78, 5) is 4.61. The third-order valence-electron chi connectivity index (χ3n) is 5.15. The maximum absolute atomic E-state index is 4.61. The van der Waals surface area contributed by atoms with E-state index in [1.54, 1.807) is 0 Å². The van der Waals surface area contributed by atoms with Crippen LogP contribution in [0, 0.1) is 11.8 Å². The molecule has 0 N–H and O–H groups in total. The second-order valence-corrected chi connectivity index (χ2v) is 7.71. The highest BCUT2D eigenvalue weighted by Gasteiger charge is 2.02. The number of aliphatic imine (C=N–C) groups is 1. The normalized spacial score (nSPS) is 12.7. The first-order valence-electron chi connectivity index (χ1n) is 9.87. The van der Waals surface area contributed by atoms with Crippen molar-refractivity contribution < 1.29 is 0 Å². The third kappa shape index (κ3) is 6.63. The highest BCUT2D eigenvalue weighted by molar-refractivity contribution is 5.81. The van der Waals surface area contributed by atoms with Gasteiger partial charge in [0.25, 0.3) is 0 Å². The van der Waals surface area contributed by atoms with E-state index in [0.717, 1.165) is 30.0 Å². The largest absolute Gasteiger partial charge is 0.256 e. The Kier molecular flexibility index (Phi) is 7.84. The molecule has 0 aromatic heterocycles. The third-order valence-corrected chi connectivity index (χ3v) is 5.15. The van der Waals surface area contributed by atoms with Gasteiger partial charge < -0.3 is 0 Å². The van der Waals surface area contributed by atoms with Gasteiger partial charge in [0.1, 0.15) is 0 Å². The van der Waals surface area contributed by atoms with Crippen molar-refractivity contribution in [3.63, 3.8) is 0 Å². The number of rotatable bonds is 9. The molecule has 0 heterocycles. The molecule has 1 nitrogen and oxygen atoms in total. The van der Waals surface area contributed by atoms with Crippen molar-refractivity contribution in [2.45, 2.75) is 53.4 Å². The van der Waals surface area contributed by atoms with Gasteiger partial charge >= 0.3 is 0 Å². The molecule has 0 amide bonds. The molecule has 138 valence electrons. The summed E-state index contributed by atoms with van der Waals surface area (Å²) in [5.74, 6) is 1.33. The van der Waals surface area contributed by atoms with Crippen LogP contribution in [0.5, 0.6) is 0 Å². The molecule has 0 saturated carbocycles. The zero-order chi connectivity index (χ0) is 18.9. The number of allylic oxidation sites excluding steroid dienone is 1. The Balaban J connectivity index is 1.91. The van der Waals surface area contributed by atoms with Crippen LogP contribution in [0.15, 0.2) is 65.7 Å². The van der Waals surface area contributed by atoms with Crippen LogP contribution in [0.25, 0.3) is 0 Å². The molecule has 0 aliphatic heterocycles. The van der Waals surface area contributed by atoms with E-state index in [9.17, 15) is 0 Å². The van der Waals surface area contributed by atoms with Gasteiger partial charge in [0.15, 0.2) is 0 Å². The number of aryl methyl sites for hydroxylation is 1. The van der Waals surface area contributed by atoms with Gasteiger partial charge in [0.05, 0.1) is 5.69 Å². The highest BCUT2D eigenvalue weighted by Crippen LogP contribution is 2.18. The van der Waals surface area contributed by atoms with Crippen LogP contribution in [0.4, 0.5) is 5.69 Å². The maximum atomic E-state index is 4.61. The molecule has 0 radical (unpaired) electrons. The summed E-state index contributed by atoms with van der Waals surface area (Å²) >= 11 is 0. The summed E-state index contributed by atoms with van der Waals surface area (Å²) < 4.78 is 0. The van der Waals surface area contributed by atoms with Gasteiger partial charge in [-0.3, -0.25) is 4.99 Å². The molecule has 2 rings (SSSR count). The number of hydrogen-bond acceptors (Lipinski definition) is 1. The molecular weight excluding hydrogens is 314 g/mol. The Labute approximate surface area is 159 Å². The molecule has 0 fully saturated rings. The second kappa shape index (κ2) is 10.1. The van der Waals surface area contributed by atoms with Crippen molar-refractivity contribution in [2.24, 2.45) is 16.8 Å². The van der Waals surface area contributed by atoms with Crippen molar-refractivity contribution >= 4 is 11.9 Å². The van der Waals surface area contributed by atoms with Gasteiger partial charge in [0.2, 0.25) is 0 Å². The van der Waals surface area contributed by atoms with Gasteiger partial charge in [-0.2, -0.15) is 0 Å². The lowest BCUT2D eigenvalue weighted by Gasteiger charge is -2.09. The zero-order valence-electron chi connectivity index (χ0n) is 16.8. The van der Waals surface area contributed by atoms with E-state index in [1.807, 2.05) is 6.21 Å². The topological polar surface area (TPSA) is 12.4 Å². The van der Waals surface area contributed by atoms with Gasteiger partial charge in [-0.15, -0.1) is 0 Å². The van der Waals surface area contributed by atoms with E-state index in [-0.39, 0.29) is 0 Å². The van der Waals surface area contributed by atoms with Crippen LogP contribution in [-0.4, -0.2) is 6.21 Å². The van der Waals surface area contributed by atoms with Crippen molar-refractivity contribution in [1.82, 2.24) is 0 Å². The van der Waals surface area contributed by atoms with Crippen LogP contribution in [0.1, 0.15) is 57.2 Å². The second-order valence-electron chi connectivity index (χ2n) is 7.71. The predicted molar refractivity (Wildman–Crippen MR) is 116 cm³/mol. The first-order chi connectivity index (χ1) is 12.5. The number of benzene rings is 2. The van der Waals surface area contributed by atoms with E-state index in [1.165, 1.54) is 29.5 Å². The van der Waals surface area contributed by atoms with Gasteiger partial charge in [-0.05, 0) is 59.9 Å². The number of nitrogens with zero attached hydrogens (tertiary/aromatic N) is 1. The molecule has 0 bridgehead atoms. The highest BCUT2D eigenvalue weighted by atomic mass is 14.7. The standard InChI is InChI=1S/C25H33N/c1-6-20(4)7-8-22-13-15-25(16-14-22)26-18-24-11-9-23(10-12-24)17-21(5)19(2)3/h9-16,18-20H,5-8,17H2,1-4H3/b26-18+. The minimum atomic E-state index is 0.532. The van der Waals surface area contributed by atoms with Crippen molar-refractivity contribution in [1.29, 1.82) is 0 Å². The molecule has 26 heavy (non-hydrogen) atoms. The smallest absolute Gasteiger partial charge is 0.0630 e. The Bertz CT molecular complexity index is 705. The molecule has 1 heteroatoms. The summed E-state index contributed by atoms with van der Waals surface area (Å²) in [5.41, 5.74) is 6.13.